The summed E-state index contributed by atoms with van der Waals surface area (Å²) in [4.78, 5) is 12.1. The number of hydrogen-bond acceptors (Lipinski definition) is 3. The molecule has 1 aromatic rings. The minimum atomic E-state index is -0.0697. The lowest BCUT2D eigenvalue weighted by Gasteiger charge is -2.13. The zero-order chi connectivity index (χ0) is 13.1. The molecule has 1 aromatic carbocycles. The molecule has 1 saturated carbocycles. The van der Waals surface area contributed by atoms with Crippen molar-refractivity contribution in [3.05, 3.63) is 23.8 Å². The van der Waals surface area contributed by atoms with Crippen molar-refractivity contribution in [3.8, 4) is 5.75 Å². The predicted octanol–water partition coefficient (Wildman–Crippen LogP) is 2.20. The molecular formula is C14H20N2O2. The van der Waals surface area contributed by atoms with Crippen molar-refractivity contribution < 1.29 is 9.53 Å². The van der Waals surface area contributed by atoms with Crippen LogP contribution in [0.15, 0.2) is 18.2 Å². The van der Waals surface area contributed by atoms with E-state index in [0.717, 1.165) is 12.8 Å². The summed E-state index contributed by atoms with van der Waals surface area (Å²) < 4.78 is 5.11. The average Bonchev–Trinajstić information content (AvgIpc) is 2.73. The van der Waals surface area contributed by atoms with Crippen LogP contribution in [-0.4, -0.2) is 19.1 Å². The molecule has 98 valence electrons. The summed E-state index contributed by atoms with van der Waals surface area (Å²) in [6, 6.07) is 5.38. The van der Waals surface area contributed by atoms with Crippen molar-refractivity contribution in [2.24, 2.45) is 5.92 Å². The minimum absolute atomic E-state index is 0.0697. The zero-order valence-corrected chi connectivity index (χ0v) is 10.9. The monoisotopic (exact) mass is 248 g/mol. The van der Waals surface area contributed by atoms with Gasteiger partial charge in [-0.3, -0.25) is 4.79 Å². The third kappa shape index (κ3) is 2.94. The van der Waals surface area contributed by atoms with Crippen LogP contribution in [0.3, 0.4) is 0 Å². The van der Waals surface area contributed by atoms with Gasteiger partial charge in [0.25, 0.3) is 5.91 Å². The van der Waals surface area contributed by atoms with E-state index in [1.165, 1.54) is 6.42 Å². The number of nitrogens with two attached hydrogens (primary N) is 1. The molecule has 0 heterocycles. The van der Waals surface area contributed by atoms with E-state index in [0.29, 0.717) is 29.0 Å². The standard InChI is InChI=1S/C14H20N2O2/c1-9-3-4-12(5-9)16-14(17)10-6-11(15)8-13(7-10)18-2/h6-9,12H,3-5,15H2,1-2H3,(H,16,17). The van der Waals surface area contributed by atoms with Crippen LogP contribution in [-0.2, 0) is 0 Å². The number of methoxy groups -OCH3 is 1. The van der Waals surface area contributed by atoms with Gasteiger partial charge < -0.3 is 15.8 Å². The number of carbonyl (C=O) groups is 1. The molecule has 18 heavy (non-hydrogen) atoms. The van der Waals surface area contributed by atoms with Crippen molar-refractivity contribution in [3.63, 3.8) is 0 Å². The molecule has 1 aliphatic rings. The SMILES string of the molecule is COc1cc(N)cc(C(=O)NC2CCC(C)C2)c1. The Morgan fingerprint density at radius 1 is 1.39 bits per heavy atom. The highest BCUT2D eigenvalue weighted by Gasteiger charge is 2.23. The number of hydrogen-bond donors (Lipinski definition) is 2. The second-order valence-corrected chi connectivity index (χ2v) is 5.08. The Morgan fingerprint density at radius 3 is 2.78 bits per heavy atom. The molecule has 4 nitrogen and oxygen atoms in total. The second-order valence-electron chi connectivity index (χ2n) is 5.08. The van der Waals surface area contributed by atoms with E-state index in [1.54, 1.807) is 25.3 Å². The Hall–Kier alpha value is -1.71. The Labute approximate surface area is 108 Å². The van der Waals surface area contributed by atoms with Gasteiger partial charge in [-0.05, 0) is 37.3 Å². The van der Waals surface area contributed by atoms with Crippen LogP contribution in [0.5, 0.6) is 5.75 Å². The van der Waals surface area contributed by atoms with E-state index >= 15 is 0 Å². The van der Waals surface area contributed by atoms with Gasteiger partial charge in [0.05, 0.1) is 7.11 Å². The van der Waals surface area contributed by atoms with E-state index in [4.69, 9.17) is 10.5 Å². The average molecular weight is 248 g/mol. The lowest BCUT2D eigenvalue weighted by atomic mass is 10.1. The summed E-state index contributed by atoms with van der Waals surface area (Å²) in [5.74, 6) is 1.24. The zero-order valence-electron chi connectivity index (χ0n) is 10.9. The summed E-state index contributed by atoms with van der Waals surface area (Å²) in [6.07, 6.45) is 3.31. The van der Waals surface area contributed by atoms with E-state index in [-0.39, 0.29) is 5.91 Å². The number of nitrogen functional groups attached to an aromatic ring is 1. The number of rotatable bonds is 3. The summed E-state index contributed by atoms with van der Waals surface area (Å²) in [7, 11) is 1.56. The largest absolute Gasteiger partial charge is 0.497 e. The van der Waals surface area contributed by atoms with Gasteiger partial charge in [-0.2, -0.15) is 0 Å². The summed E-state index contributed by atoms with van der Waals surface area (Å²) in [5.41, 5.74) is 6.85. The van der Waals surface area contributed by atoms with Gasteiger partial charge in [-0.1, -0.05) is 6.92 Å². The number of anilines is 1. The van der Waals surface area contributed by atoms with Crippen LogP contribution in [0.25, 0.3) is 0 Å². The van der Waals surface area contributed by atoms with Crippen LogP contribution >= 0.6 is 0 Å². The third-order valence-corrected chi connectivity index (χ3v) is 3.46. The summed E-state index contributed by atoms with van der Waals surface area (Å²) in [5, 5.41) is 3.05. The van der Waals surface area contributed by atoms with Crippen LogP contribution in [0.1, 0.15) is 36.5 Å². The van der Waals surface area contributed by atoms with Gasteiger partial charge in [0, 0.05) is 23.4 Å². The van der Waals surface area contributed by atoms with Crippen molar-refractivity contribution in [2.45, 2.75) is 32.2 Å². The smallest absolute Gasteiger partial charge is 0.251 e. The third-order valence-electron chi connectivity index (χ3n) is 3.46. The Balaban J connectivity index is 2.06. The van der Waals surface area contributed by atoms with Gasteiger partial charge in [-0.15, -0.1) is 0 Å². The molecular weight excluding hydrogens is 228 g/mol. The summed E-state index contributed by atoms with van der Waals surface area (Å²) in [6.45, 7) is 2.22. The molecule has 3 N–H and O–H groups in total. The summed E-state index contributed by atoms with van der Waals surface area (Å²) >= 11 is 0. The number of nitrogens with one attached hydrogen (secondary N) is 1. The number of amides is 1. The molecule has 0 saturated heterocycles. The highest BCUT2D eigenvalue weighted by atomic mass is 16.5. The van der Waals surface area contributed by atoms with Crippen LogP contribution < -0.4 is 15.8 Å². The minimum Gasteiger partial charge on any atom is -0.497 e. The topological polar surface area (TPSA) is 64.3 Å². The van der Waals surface area contributed by atoms with Crippen LogP contribution in [0.4, 0.5) is 5.69 Å². The molecule has 0 spiro atoms. The Morgan fingerprint density at radius 2 is 2.17 bits per heavy atom. The molecule has 1 fully saturated rings. The highest BCUT2D eigenvalue weighted by molar-refractivity contribution is 5.95. The molecule has 0 aliphatic heterocycles. The molecule has 2 rings (SSSR count). The van der Waals surface area contributed by atoms with Gasteiger partial charge in [0.15, 0.2) is 0 Å². The van der Waals surface area contributed by atoms with Gasteiger partial charge in [0.1, 0.15) is 5.75 Å². The molecule has 0 radical (unpaired) electrons. The molecule has 4 heteroatoms. The molecule has 0 aromatic heterocycles. The first-order valence-corrected chi connectivity index (χ1v) is 6.34. The maximum atomic E-state index is 12.1. The fourth-order valence-electron chi connectivity index (χ4n) is 2.48. The van der Waals surface area contributed by atoms with Crippen molar-refractivity contribution >= 4 is 11.6 Å². The number of carbonyl (C=O) groups excluding carboxylic acids is 1. The van der Waals surface area contributed by atoms with E-state index in [2.05, 4.69) is 12.2 Å². The first kappa shape index (κ1) is 12.7. The molecule has 2 unspecified atom stereocenters. The first-order chi connectivity index (χ1) is 8.58. The second kappa shape index (κ2) is 5.29. The normalized spacial score (nSPS) is 22.8. The lowest BCUT2D eigenvalue weighted by Crippen LogP contribution is -2.32. The van der Waals surface area contributed by atoms with Crippen molar-refractivity contribution in [1.29, 1.82) is 0 Å². The van der Waals surface area contributed by atoms with E-state index in [9.17, 15) is 4.79 Å². The van der Waals surface area contributed by atoms with Gasteiger partial charge in [0.2, 0.25) is 0 Å². The van der Waals surface area contributed by atoms with E-state index < -0.39 is 0 Å². The number of benzene rings is 1. The van der Waals surface area contributed by atoms with E-state index in [1.807, 2.05) is 0 Å². The molecule has 1 amide bonds. The fraction of sp³-hybridized carbons (Fsp3) is 0.500. The molecule has 1 aliphatic carbocycles. The molecule has 0 bridgehead atoms. The van der Waals surface area contributed by atoms with Crippen LogP contribution in [0, 0.1) is 5.92 Å². The Kier molecular flexibility index (Phi) is 3.75. The fourth-order valence-corrected chi connectivity index (χ4v) is 2.48. The molecule has 2 atom stereocenters. The maximum absolute atomic E-state index is 12.1. The van der Waals surface area contributed by atoms with Crippen molar-refractivity contribution in [1.82, 2.24) is 5.32 Å². The van der Waals surface area contributed by atoms with Gasteiger partial charge in [-0.25, -0.2) is 0 Å². The lowest BCUT2D eigenvalue weighted by molar-refractivity contribution is 0.0937. The Bertz CT molecular complexity index is 445. The van der Waals surface area contributed by atoms with Crippen molar-refractivity contribution in [2.75, 3.05) is 12.8 Å². The van der Waals surface area contributed by atoms with Crippen LogP contribution in [0.2, 0.25) is 0 Å². The quantitative estimate of drug-likeness (QED) is 0.806. The number of ether oxygens (including phenoxy) is 1. The first-order valence-electron chi connectivity index (χ1n) is 6.34. The maximum Gasteiger partial charge on any atom is 0.251 e. The predicted molar refractivity (Wildman–Crippen MR) is 71.7 cm³/mol. The van der Waals surface area contributed by atoms with Gasteiger partial charge >= 0.3 is 0 Å². The highest BCUT2D eigenvalue weighted by Crippen LogP contribution is 2.25.